The first-order chi connectivity index (χ1) is 16.0. The van der Waals surface area contributed by atoms with Crippen molar-refractivity contribution in [1.82, 2.24) is 9.97 Å². The average Bonchev–Trinajstić information content (AvgIpc) is 3.25. The molecule has 1 aliphatic heterocycles. The molecule has 3 aromatic carbocycles. The number of nitrogens with one attached hydrogen (secondary N) is 1. The Balaban J connectivity index is 1.64. The van der Waals surface area contributed by atoms with Gasteiger partial charge in [0.2, 0.25) is 5.88 Å². The number of carbonyl (C=O) groups is 1. The van der Waals surface area contributed by atoms with Gasteiger partial charge in [-0.3, -0.25) is 4.79 Å². The summed E-state index contributed by atoms with van der Waals surface area (Å²) in [5, 5.41) is 0. The number of benzene rings is 3. The third-order valence-electron chi connectivity index (χ3n) is 5.83. The minimum atomic E-state index is -0.632. The van der Waals surface area contributed by atoms with Gasteiger partial charge in [-0.2, -0.15) is 0 Å². The molecule has 2 heterocycles. The lowest BCUT2D eigenvalue weighted by molar-refractivity contribution is -0.141. The molecule has 0 saturated carbocycles. The highest BCUT2D eigenvalue weighted by Crippen LogP contribution is 2.44. The van der Waals surface area contributed by atoms with Crippen molar-refractivity contribution in [2.24, 2.45) is 5.92 Å². The number of hydrogen-bond acceptors (Lipinski definition) is 4. The maximum atomic E-state index is 14.4. The summed E-state index contributed by atoms with van der Waals surface area (Å²) in [5.41, 5.74) is 2.21. The second-order valence-electron chi connectivity index (χ2n) is 7.90. The molecule has 1 aromatic heterocycles. The second-order valence-corrected chi connectivity index (χ2v) is 7.90. The van der Waals surface area contributed by atoms with Crippen molar-refractivity contribution >= 4 is 5.97 Å². The van der Waals surface area contributed by atoms with Crippen LogP contribution in [0.3, 0.4) is 0 Å². The molecule has 0 aliphatic carbocycles. The molecule has 0 fully saturated rings. The smallest absolute Gasteiger partial charge is 0.317 e. The standard InChI is InChI=1S/C26H20F2N2O3/c1-32-18-9-5-8-16(13-18)22-20(12-15-6-3-2-4-7-15)26(31)33-25-23(22)29-24(30-25)19-14-17(27)10-11-21(19)28/h2-11,13-14,20,22H,12H2,1H3,(H,29,30)/t20-,22+/m0/s1. The van der Waals surface area contributed by atoms with Gasteiger partial charge in [0, 0.05) is 5.92 Å². The Labute approximate surface area is 189 Å². The number of H-pyrrole nitrogens is 1. The highest BCUT2D eigenvalue weighted by molar-refractivity contribution is 5.80. The van der Waals surface area contributed by atoms with Gasteiger partial charge in [-0.15, -0.1) is 0 Å². The molecule has 0 amide bonds. The van der Waals surface area contributed by atoms with E-state index in [4.69, 9.17) is 9.47 Å². The Morgan fingerprint density at radius 3 is 2.64 bits per heavy atom. The van der Waals surface area contributed by atoms with E-state index in [-0.39, 0.29) is 17.3 Å². The number of methoxy groups -OCH3 is 1. The van der Waals surface area contributed by atoms with Crippen LogP contribution in [0.2, 0.25) is 0 Å². The maximum Gasteiger partial charge on any atom is 0.317 e. The fraction of sp³-hybridized carbons (Fsp3) is 0.154. The van der Waals surface area contributed by atoms with Crippen molar-refractivity contribution in [1.29, 1.82) is 0 Å². The largest absolute Gasteiger partial charge is 0.497 e. The van der Waals surface area contributed by atoms with Crippen LogP contribution in [0.15, 0.2) is 72.8 Å². The van der Waals surface area contributed by atoms with E-state index in [2.05, 4.69) is 9.97 Å². The van der Waals surface area contributed by atoms with Gasteiger partial charge in [-0.25, -0.2) is 13.8 Å². The van der Waals surface area contributed by atoms with Crippen LogP contribution >= 0.6 is 0 Å². The molecule has 1 N–H and O–H groups in total. The Kier molecular flexibility index (Phi) is 5.38. The summed E-state index contributed by atoms with van der Waals surface area (Å²) in [4.78, 5) is 20.6. The van der Waals surface area contributed by atoms with Crippen LogP contribution in [-0.4, -0.2) is 23.0 Å². The minimum absolute atomic E-state index is 0.0375. The maximum absolute atomic E-state index is 14.4. The number of halogens is 2. The molecule has 4 aromatic rings. The van der Waals surface area contributed by atoms with Crippen molar-refractivity contribution in [3.63, 3.8) is 0 Å². The number of imidazole rings is 1. The van der Waals surface area contributed by atoms with Crippen LogP contribution in [-0.2, 0) is 11.2 Å². The predicted octanol–water partition coefficient (Wildman–Crippen LogP) is 5.27. The monoisotopic (exact) mass is 446 g/mol. The number of ether oxygens (including phenoxy) is 2. The van der Waals surface area contributed by atoms with E-state index in [1.807, 2.05) is 54.6 Å². The zero-order valence-electron chi connectivity index (χ0n) is 17.7. The summed E-state index contributed by atoms with van der Waals surface area (Å²) in [6.07, 6.45) is 0.428. The van der Waals surface area contributed by atoms with E-state index in [1.54, 1.807) is 7.11 Å². The highest BCUT2D eigenvalue weighted by Gasteiger charge is 2.41. The van der Waals surface area contributed by atoms with E-state index in [9.17, 15) is 13.6 Å². The number of esters is 1. The Morgan fingerprint density at radius 1 is 1.03 bits per heavy atom. The number of aromatic nitrogens is 2. The molecule has 5 nitrogen and oxygen atoms in total. The van der Waals surface area contributed by atoms with Gasteiger partial charge < -0.3 is 14.5 Å². The van der Waals surface area contributed by atoms with E-state index in [0.29, 0.717) is 17.9 Å². The lowest BCUT2D eigenvalue weighted by Gasteiger charge is -2.29. The summed E-state index contributed by atoms with van der Waals surface area (Å²) in [6, 6.07) is 20.2. The number of nitrogens with zero attached hydrogens (tertiary/aromatic N) is 1. The van der Waals surface area contributed by atoms with Crippen molar-refractivity contribution < 1.29 is 23.0 Å². The first kappa shape index (κ1) is 20.9. The van der Waals surface area contributed by atoms with Gasteiger partial charge in [0.05, 0.1) is 18.6 Å². The van der Waals surface area contributed by atoms with Crippen LogP contribution in [0, 0.1) is 17.6 Å². The average molecular weight is 446 g/mol. The first-order valence-corrected chi connectivity index (χ1v) is 10.5. The molecule has 0 spiro atoms. The Morgan fingerprint density at radius 2 is 1.85 bits per heavy atom. The highest BCUT2D eigenvalue weighted by atomic mass is 19.1. The molecular formula is C26H20F2N2O3. The van der Waals surface area contributed by atoms with Crippen LogP contribution in [0.1, 0.15) is 22.7 Å². The van der Waals surface area contributed by atoms with E-state index < -0.39 is 29.4 Å². The van der Waals surface area contributed by atoms with E-state index >= 15 is 0 Å². The summed E-state index contributed by atoms with van der Waals surface area (Å²) >= 11 is 0. The fourth-order valence-electron chi connectivity index (χ4n) is 4.26. The summed E-state index contributed by atoms with van der Waals surface area (Å²) in [6.45, 7) is 0. The lowest BCUT2D eigenvalue weighted by atomic mass is 9.79. The Hall–Kier alpha value is -4.00. The molecule has 0 saturated heterocycles. The summed E-state index contributed by atoms with van der Waals surface area (Å²) < 4.78 is 39.2. The van der Waals surface area contributed by atoms with E-state index in [0.717, 1.165) is 29.3 Å². The van der Waals surface area contributed by atoms with Crippen LogP contribution < -0.4 is 9.47 Å². The fourth-order valence-corrected chi connectivity index (χ4v) is 4.26. The molecule has 5 rings (SSSR count). The second kappa shape index (κ2) is 8.50. The molecule has 2 atom stereocenters. The normalized spacial score (nSPS) is 17.4. The zero-order chi connectivity index (χ0) is 22.9. The first-order valence-electron chi connectivity index (χ1n) is 10.5. The van der Waals surface area contributed by atoms with Gasteiger partial charge in [0.25, 0.3) is 0 Å². The van der Waals surface area contributed by atoms with Gasteiger partial charge >= 0.3 is 5.97 Å². The predicted molar refractivity (Wildman–Crippen MR) is 118 cm³/mol. The molecule has 166 valence electrons. The number of carbonyl (C=O) groups excluding carboxylic acids is 1. The molecule has 7 heteroatoms. The quantitative estimate of drug-likeness (QED) is 0.424. The number of aromatic amines is 1. The van der Waals surface area contributed by atoms with Crippen LogP contribution in [0.5, 0.6) is 11.6 Å². The molecule has 0 radical (unpaired) electrons. The Bertz CT molecular complexity index is 1320. The minimum Gasteiger partial charge on any atom is -0.497 e. The summed E-state index contributed by atoms with van der Waals surface area (Å²) in [5.74, 6) is -1.82. The zero-order valence-corrected chi connectivity index (χ0v) is 17.7. The topological polar surface area (TPSA) is 64.2 Å². The number of fused-ring (bicyclic) bond motifs is 1. The molecule has 1 aliphatic rings. The van der Waals surface area contributed by atoms with Crippen molar-refractivity contribution in [2.75, 3.05) is 7.11 Å². The van der Waals surface area contributed by atoms with Crippen molar-refractivity contribution in [3.8, 4) is 23.0 Å². The van der Waals surface area contributed by atoms with E-state index in [1.165, 1.54) is 0 Å². The molecular weight excluding hydrogens is 426 g/mol. The molecule has 33 heavy (non-hydrogen) atoms. The lowest BCUT2D eigenvalue weighted by Crippen LogP contribution is -2.34. The van der Waals surface area contributed by atoms with Crippen molar-refractivity contribution in [2.45, 2.75) is 12.3 Å². The van der Waals surface area contributed by atoms with Crippen LogP contribution in [0.25, 0.3) is 11.4 Å². The third-order valence-corrected chi connectivity index (χ3v) is 5.83. The van der Waals surface area contributed by atoms with Crippen molar-refractivity contribution in [3.05, 3.63) is 101 Å². The summed E-state index contributed by atoms with van der Waals surface area (Å²) in [7, 11) is 1.57. The van der Waals surface area contributed by atoms with Gasteiger partial charge in [0.1, 0.15) is 28.9 Å². The van der Waals surface area contributed by atoms with Gasteiger partial charge in [-0.1, -0.05) is 42.5 Å². The molecule has 0 bridgehead atoms. The third kappa shape index (κ3) is 3.98. The number of hydrogen-bond donors (Lipinski definition) is 1. The SMILES string of the molecule is COc1cccc([C@H]2c3nc(-c4cc(F)ccc4F)[nH]c3OC(=O)[C@H]2Cc2ccccc2)c1. The molecule has 0 unspecified atom stereocenters. The van der Waals surface area contributed by atoms with Gasteiger partial charge in [0.15, 0.2) is 0 Å². The van der Waals surface area contributed by atoms with Gasteiger partial charge in [-0.05, 0) is 47.9 Å². The van der Waals surface area contributed by atoms with Crippen LogP contribution in [0.4, 0.5) is 8.78 Å². The number of rotatable bonds is 5.